The molecule has 0 spiro atoms. The quantitative estimate of drug-likeness (QED) is 0.797. The highest BCUT2D eigenvalue weighted by Crippen LogP contribution is 2.36. The van der Waals surface area contributed by atoms with Crippen molar-refractivity contribution in [3.05, 3.63) is 22.6 Å². The minimum atomic E-state index is 0.432. The number of nitrogens with zero attached hydrogens (tertiary/aromatic N) is 1. The van der Waals surface area contributed by atoms with Gasteiger partial charge < -0.3 is 10.2 Å². The van der Waals surface area contributed by atoms with Gasteiger partial charge in [0.1, 0.15) is 5.76 Å². The normalized spacial score (nSPS) is 11.6. The lowest BCUT2D eigenvalue weighted by Crippen LogP contribution is -1.97. The summed E-state index contributed by atoms with van der Waals surface area (Å²) >= 11 is 0. The number of nitrogen functional groups attached to an aromatic ring is 1. The molecule has 0 saturated carbocycles. The van der Waals surface area contributed by atoms with E-state index in [9.17, 15) is 0 Å². The summed E-state index contributed by atoms with van der Waals surface area (Å²) in [7, 11) is 0. The molecule has 0 aliphatic rings. The lowest BCUT2D eigenvalue weighted by Gasteiger charge is -2.07. The number of nitrogens with two attached hydrogens (primary N) is 1. The van der Waals surface area contributed by atoms with Gasteiger partial charge in [-0.3, -0.25) is 0 Å². The number of hydrogen-bond donors (Lipinski definition) is 1. The first kappa shape index (κ1) is 11.0. The smallest absolute Gasteiger partial charge is 0.176 e. The Labute approximate surface area is 95.7 Å². The molecule has 86 valence electrons. The molecule has 16 heavy (non-hydrogen) atoms. The van der Waals surface area contributed by atoms with Crippen molar-refractivity contribution < 1.29 is 4.42 Å². The van der Waals surface area contributed by atoms with Crippen LogP contribution in [-0.2, 0) is 0 Å². The number of hydrogen-bond acceptors (Lipinski definition) is 3. The predicted molar refractivity (Wildman–Crippen MR) is 66.7 cm³/mol. The Morgan fingerprint density at radius 2 is 1.81 bits per heavy atom. The molecule has 2 rings (SSSR count). The van der Waals surface area contributed by atoms with Gasteiger partial charge >= 0.3 is 0 Å². The van der Waals surface area contributed by atoms with E-state index >= 15 is 0 Å². The number of fused-ring (bicyclic) bond motifs is 1. The van der Waals surface area contributed by atoms with Crippen molar-refractivity contribution in [2.75, 3.05) is 5.73 Å². The van der Waals surface area contributed by atoms with E-state index in [1.807, 2.05) is 13.8 Å². The molecular weight excluding hydrogens is 200 g/mol. The molecule has 0 unspecified atom stereocenters. The fourth-order valence-electron chi connectivity index (χ4n) is 2.30. The number of aryl methyl sites for hydroxylation is 3. The SMILES string of the molecule is Cc1nc(N)c2oc(C)c(C(C)C)c2c1C. The third-order valence-corrected chi connectivity index (χ3v) is 3.15. The Bertz CT molecular complexity index is 553. The first-order chi connectivity index (χ1) is 7.43. The second kappa shape index (κ2) is 3.51. The second-order valence-electron chi connectivity index (χ2n) is 4.64. The van der Waals surface area contributed by atoms with Crippen LogP contribution < -0.4 is 5.73 Å². The van der Waals surface area contributed by atoms with Crippen molar-refractivity contribution >= 4 is 16.8 Å². The molecule has 2 aromatic heterocycles. The number of rotatable bonds is 1. The zero-order valence-electron chi connectivity index (χ0n) is 10.5. The van der Waals surface area contributed by atoms with Gasteiger partial charge in [-0.25, -0.2) is 4.98 Å². The van der Waals surface area contributed by atoms with Gasteiger partial charge in [-0.15, -0.1) is 0 Å². The summed E-state index contributed by atoms with van der Waals surface area (Å²) in [5, 5.41) is 1.15. The molecule has 0 fully saturated rings. The Hall–Kier alpha value is -1.51. The standard InChI is InChI=1S/C13H18N2O/c1-6(2)10-9(5)16-12-11(10)7(3)8(4)15-13(12)14/h6H,1-5H3,(H2,14,15). The summed E-state index contributed by atoms with van der Waals surface area (Å²) in [5.74, 6) is 1.88. The molecule has 2 aromatic rings. The largest absolute Gasteiger partial charge is 0.457 e. The van der Waals surface area contributed by atoms with Crippen molar-refractivity contribution in [3.8, 4) is 0 Å². The molecule has 0 atom stereocenters. The van der Waals surface area contributed by atoms with Gasteiger partial charge in [0.25, 0.3) is 0 Å². The Morgan fingerprint density at radius 1 is 1.19 bits per heavy atom. The van der Waals surface area contributed by atoms with Crippen LogP contribution in [0, 0.1) is 20.8 Å². The van der Waals surface area contributed by atoms with Gasteiger partial charge in [0.15, 0.2) is 11.4 Å². The van der Waals surface area contributed by atoms with E-state index in [-0.39, 0.29) is 0 Å². The van der Waals surface area contributed by atoms with Crippen LogP contribution in [-0.4, -0.2) is 4.98 Å². The highest BCUT2D eigenvalue weighted by molar-refractivity contribution is 5.93. The van der Waals surface area contributed by atoms with Gasteiger partial charge in [0, 0.05) is 16.6 Å². The van der Waals surface area contributed by atoms with Crippen LogP contribution in [0.15, 0.2) is 4.42 Å². The fourth-order valence-corrected chi connectivity index (χ4v) is 2.30. The topological polar surface area (TPSA) is 52.0 Å². The van der Waals surface area contributed by atoms with Crippen molar-refractivity contribution in [1.29, 1.82) is 0 Å². The van der Waals surface area contributed by atoms with Crippen LogP contribution in [0.3, 0.4) is 0 Å². The van der Waals surface area contributed by atoms with Crippen LogP contribution in [0.5, 0.6) is 0 Å². The molecule has 3 nitrogen and oxygen atoms in total. The first-order valence-electron chi connectivity index (χ1n) is 5.59. The molecule has 0 aromatic carbocycles. The zero-order valence-corrected chi connectivity index (χ0v) is 10.5. The molecule has 0 radical (unpaired) electrons. The van der Waals surface area contributed by atoms with Gasteiger partial charge in [0.05, 0.1) is 0 Å². The van der Waals surface area contributed by atoms with Crippen LogP contribution in [0.2, 0.25) is 0 Å². The lowest BCUT2D eigenvalue weighted by molar-refractivity contribution is 0.568. The van der Waals surface area contributed by atoms with E-state index in [0.717, 1.165) is 22.4 Å². The van der Waals surface area contributed by atoms with Gasteiger partial charge in [-0.1, -0.05) is 13.8 Å². The average molecular weight is 218 g/mol. The minimum Gasteiger partial charge on any atom is -0.457 e. The third-order valence-electron chi connectivity index (χ3n) is 3.15. The molecule has 0 aliphatic carbocycles. The van der Waals surface area contributed by atoms with E-state index in [1.54, 1.807) is 0 Å². The molecule has 0 bridgehead atoms. The fraction of sp³-hybridized carbons (Fsp3) is 0.462. The Balaban J connectivity index is 2.97. The molecule has 0 amide bonds. The average Bonchev–Trinajstić information content (AvgIpc) is 2.53. The van der Waals surface area contributed by atoms with Crippen molar-refractivity contribution in [3.63, 3.8) is 0 Å². The predicted octanol–water partition coefficient (Wildman–Crippen LogP) is 3.46. The highest BCUT2D eigenvalue weighted by Gasteiger charge is 2.19. The van der Waals surface area contributed by atoms with Crippen LogP contribution in [0.4, 0.5) is 5.82 Å². The molecule has 0 saturated heterocycles. The summed E-state index contributed by atoms with van der Waals surface area (Å²) in [4.78, 5) is 4.30. The minimum absolute atomic E-state index is 0.432. The van der Waals surface area contributed by atoms with Gasteiger partial charge in [0.2, 0.25) is 0 Å². The molecule has 3 heteroatoms. The summed E-state index contributed by atoms with van der Waals surface area (Å²) < 4.78 is 5.74. The summed E-state index contributed by atoms with van der Waals surface area (Å²) in [6, 6.07) is 0. The summed E-state index contributed by atoms with van der Waals surface area (Å²) in [6.45, 7) is 10.4. The monoisotopic (exact) mass is 218 g/mol. The Kier molecular flexibility index (Phi) is 2.41. The number of furan rings is 1. The van der Waals surface area contributed by atoms with Gasteiger partial charge in [-0.05, 0) is 32.3 Å². The second-order valence-corrected chi connectivity index (χ2v) is 4.64. The number of pyridine rings is 1. The lowest BCUT2D eigenvalue weighted by atomic mass is 9.97. The summed E-state index contributed by atoms with van der Waals surface area (Å²) in [5.41, 5.74) is 10.0. The summed E-state index contributed by atoms with van der Waals surface area (Å²) in [6.07, 6.45) is 0. The first-order valence-corrected chi connectivity index (χ1v) is 5.59. The van der Waals surface area contributed by atoms with Crippen molar-refractivity contribution in [1.82, 2.24) is 4.98 Å². The van der Waals surface area contributed by atoms with Crippen LogP contribution in [0.25, 0.3) is 11.0 Å². The highest BCUT2D eigenvalue weighted by atomic mass is 16.3. The van der Waals surface area contributed by atoms with E-state index in [0.29, 0.717) is 11.7 Å². The molecule has 2 heterocycles. The van der Waals surface area contributed by atoms with Crippen LogP contribution in [0.1, 0.15) is 42.3 Å². The van der Waals surface area contributed by atoms with Crippen molar-refractivity contribution in [2.45, 2.75) is 40.5 Å². The number of anilines is 1. The molecule has 0 aliphatic heterocycles. The van der Waals surface area contributed by atoms with E-state index < -0.39 is 0 Å². The maximum absolute atomic E-state index is 5.90. The zero-order chi connectivity index (χ0) is 12.0. The van der Waals surface area contributed by atoms with E-state index in [4.69, 9.17) is 10.2 Å². The Morgan fingerprint density at radius 3 is 2.38 bits per heavy atom. The maximum atomic E-state index is 5.90. The number of aromatic nitrogens is 1. The van der Waals surface area contributed by atoms with Gasteiger partial charge in [-0.2, -0.15) is 0 Å². The van der Waals surface area contributed by atoms with E-state index in [2.05, 4.69) is 25.8 Å². The molecular formula is C13H18N2O. The maximum Gasteiger partial charge on any atom is 0.176 e. The van der Waals surface area contributed by atoms with Crippen LogP contribution >= 0.6 is 0 Å². The van der Waals surface area contributed by atoms with Crippen molar-refractivity contribution in [2.24, 2.45) is 0 Å². The van der Waals surface area contributed by atoms with E-state index in [1.165, 1.54) is 11.1 Å². The third kappa shape index (κ3) is 1.39. The molecule has 2 N–H and O–H groups in total.